The summed E-state index contributed by atoms with van der Waals surface area (Å²) in [5.41, 5.74) is 4.69. The number of aryl methyl sites for hydroxylation is 2. The monoisotopic (exact) mass is 465 g/mol. The number of fused-ring (bicyclic) bond motifs is 1. The molecule has 0 radical (unpaired) electrons. The van der Waals surface area contributed by atoms with Crippen LogP contribution >= 0.6 is 11.8 Å². The van der Waals surface area contributed by atoms with E-state index in [1.807, 2.05) is 82.5 Å². The minimum Gasteiger partial charge on any atom is -0.293 e. The summed E-state index contributed by atoms with van der Waals surface area (Å²) in [6.07, 6.45) is 2.02. The van der Waals surface area contributed by atoms with E-state index in [2.05, 4.69) is 10.2 Å². The van der Waals surface area contributed by atoms with E-state index in [1.165, 1.54) is 4.80 Å². The molecule has 0 aliphatic carbocycles. The van der Waals surface area contributed by atoms with Crippen molar-refractivity contribution >= 4 is 28.6 Å². The fourth-order valence-electron chi connectivity index (χ4n) is 3.88. The van der Waals surface area contributed by atoms with Crippen LogP contribution in [0.1, 0.15) is 52.0 Å². The molecular formula is C27H23N5OS. The van der Waals surface area contributed by atoms with Gasteiger partial charge in [-0.1, -0.05) is 12.1 Å². The van der Waals surface area contributed by atoms with Gasteiger partial charge in [-0.15, -0.1) is 26.8 Å². The number of hydrogen-bond donors (Lipinski definition) is 0. The lowest BCUT2D eigenvalue weighted by Crippen LogP contribution is -2.30. The molecule has 0 spiro atoms. The maximum atomic E-state index is 13.9. The summed E-state index contributed by atoms with van der Waals surface area (Å²) in [5.74, 6) is -0.0423. The highest BCUT2D eigenvalue weighted by Gasteiger charge is 2.33. The maximum absolute atomic E-state index is 13.9. The summed E-state index contributed by atoms with van der Waals surface area (Å²) in [5, 5.41) is 27.8. The highest BCUT2D eigenvalue weighted by Crippen LogP contribution is 2.32. The molecule has 1 heterocycles. The van der Waals surface area contributed by atoms with Crippen LogP contribution in [0.15, 0.2) is 53.4 Å². The highest BCUT2D eigenvalue weighted by atomic mass is 32.2. The third-order valence-corrected chi connectivity index (χ3v) is 6.96. The van der Waals surface area contributed by atoms with Gasteiger partial charge in [-0.25, -0.2) is 0 Å². The van der Waals surface area contributed by atoms with Crippen molar-refractivity contribution in [2.24, 2.45) is 0 Å². The zero-order valence-electron chi connectivity index (χ0n) is 19.7. The maximum Gasteiger partial charge on any atom is 0.175 e. The second-order valence-electron chi connectivity index (χ2n) is 8.74. The van der Waals surface area contributed by atoms with Crippen LogP contribution in [0.2, 0.25) is 0 Å². The summed E-state index contributed by atoms with van der Waals surface area (Å²) in [7, 11) is 0. The fourth-order valence-corrected chi connectivity index (χ4v) is 4.29. The predicted octanol–water partition coefficient (Wildman–Crippen LogP) is 5.66. The molecule has 0 amide bonds. The third kappa shape index (κ3) is 3.96. The number of carbonyl (C=O) groups is 1. The first-order valence-corrected chi connectivity index (χ1v) is 11.9. The normalized spacial score (nSPS) is 11.3. The van der Waals surface area contributed by atoms with Crippen LogP contribution in [-0.2, 0) is 5.41 Å². The fraction of sp³-hybridized carbons (Fsp3) is 0.222. The molecule has 7 heteroatoms. The Labute approximate surface area is 202 Å². The second kappa shape index (κ2) is 8.78. The van der Waals surface area contributed by atoms with E-state index < -0.39 is 5.41 Å². The number of nitrogens with zero attached hydrogens (tertiary/aromatic N) is 5. The van der Waals surface area contributed by atoms with Crippen LogP contribution in [-0.4, -0.2) is 27.0 Å². The van der Waals surface area contributed by atoms with Crippen molar-refractivity contribution < 1.29 is 4.79 Å². The standard InChI is InChI=1S/C27H23N5OS/c1-16-10-22(26(33)27(3,4)20-6-8-21(34-5)9-7-20)25(11-17(16)2)32-30-23-12-18(14-28)19(15-29)13-24(23)31-32/h6-13H,1-5H3. The molecule has 4 aromatic rings. The van der Waals surface area contributed by atoms with Gasteiger partial charge >= 0.3 is 0 Å². The van der Waals surface area contributed by atoms with E-state index in [-0.39, 0.29) is 16.9 Å². The molecule has 0 unspecified atom stereocenters. The van der Waals surface area contributed by atoms with Crippen molar-refractivity contribution in [3.05, 3.63) is 81.9 Å². The van der Waals surface area contributed by atoms with E-state index in [1.54, 1.807) is 23.9 Å². The molecule has 0 aliphatic rings. The predicted molar refractivity (Wildman–Crippen MR) is 133 cm³/mol. The van der Waals surface area contributed by atoms with E-state index in [0.717, 1.165) is 21.6 Å². The smallest absolute Gasteiger partial charge is 0.175 e. The number of hydrogen-bond acceptors (Lipinski definition) is 6. The van der Waals surface area contributed by atoms with E-state index >= 15 is 0 Å². The van der Waals surface area contributed by atoms with Gasteiger partial charge in [0.1, 0.15) is 23.2 Å². The molecule has 168 valence electrons. The highest BCUT2D eigenvalue weighted by molar-refractivity contribution is 7.98. The minimum atomic E-state index is -0.776. The van der Waals surface area contributed by atoms with Crippen LogP contribution in [0.25, 0.3) is 16.7 Å². The Morgan fingerprint density at radius 1 is 0.912 bits per heavy atom. The van der Waals surface area contributed by atoms with Gasteiger partial charge in [0.25, 0.3) is 0 Å². The molecule has 0 bridgehead atoms. The summed E-state index contributed by atoms with van der Waals surface area (Å²) in [6, 6.07) is 19.0. The largest absolute Gasteiger partial charge is 0.293 e. The molecule has 0 saturated heterocycles. The molecule has 0 aliphatic heterocycles. The summed E-state index contributed by atoms with van der Waals surface area (Å²) < 4.78 is 0. The molecule has 0 N–H and O–H groups in total. The number of ketones is 1. The number of nitriles is 2. The van der Waals surface area contributed by atoms with Crippen LogP contribution in [0.5, 0.6) is 0 Å². The van der Waals surface area contributed by atoms with Gasteiger partial charge < -0.3 is 0 Å². The lowest BCUT2D eigenvalue weighted by Gasteiger charge is -2.25. The van der Waals surface area contributed by atoms with Gasteiger partial charge in [-0.3, -0.25) is 4.79 Å². The van der Waals surface area contributed by atoms with Gasteiger partial charge in [-0.05, 0) is 87.0 Å². The minimum absolute atomic E-state index is 0.0423. The zero-order valence-corrected chi connectivity index (χ0v) is 20.5. The molecule has 34 heavy (non-hydrogen) atoms. The Bertz CT molecular complexity index is 1470. The second-order valence-corrected chi connectivity index (χ2v) is 9.62. The molecule has 0 atom stereocenters. The molecule has 3 aromatic carbocycles. The van der Waals surface area contributed by atoms with E-state index in [0.29, 0.717) is 22.3 Å². The molecule has 6 nitrogen and oxygen atoms in total. The van der Waals surface area contributed by atoms with Crippen LogP contribution < -0.4 is 0 Å². The summed E-state index contributed by atoms with van der Waals surface area (Å²) in [6.45, 7) is 7.80. The lowest BCUT2D eigenvalue weighted by molar-refractivity contribution is 0.0908. The van der Waals surface area contributed by atoms with Crippen molar-refractivity contribution in [3.63, 3.8) is 0 Å². The molecular weight excluding hydrogens is 442 g/mol. The molecule has 0 saturated carbocycles. The van der Waals surface area contributed by atoms with Crippen LogP contribution in [0.3, 0.4) is 0 Å². The first-order valence-electron chi connectivity index (χ1n) is 10.7. The molecule has 0 fully saturated rings. The quantitative estimate of drug-likeness (QED) is 0.279. The van der Waals surface area contributed by atoms with Crippen LogP contribution in [0.4, 0.5) is 0 Å². The lowest BCUT2D eigenvalue weighted by atomic mass is 9.77. The number of Topliss-reactive ketones (excluding diaryl/α,β-unsaturated/α-hetero) is 1. The average Bonchev–Trinajstić information content (AvgIpc) is 3.26. The zero-order chi connectivity index (χ0) is 24.6. The Hall–Kier alpha value is -3.94. The Kier molecular flexibility index (Phi) is 6.00. The Balaban J connectivity index is 1.87. The molecule has 1 aromatic heterocycles. The van der Waals surface area contributed by atoms with Crippen molar-refractivity contribution in [2.75, 3.05) is 6.26 Å². The first kappa shape index (κ1) is 23.2. The number of benzene rings is 3. The Morgan fingerprint density at radius 2 is 1.44 bits per heavy atom. The van der Waals surface area contributed by atoms with Crippen LogP contribution in [0, 0.1) is 36.5 Å². The Morgan fingerprint density at radius 3 is 1.94 bits per heavy atom. The number of thioether (sulfide) groups is 1. The average molecular weight is 466 g/mol. The van der Waals surface area contributed by atoms with Gasteiger partial charge in [-0.2, -0.15) is 10.5 Å². The number of aromatic nitrogens is 3. The van der Waals surface area contributed by atoms with Gasteiger partial charge in [0.05, 0.1) is 22.2 Å². The van der Waals surface area contributed by atoms with E-state index in [9.17, 15) is 15.3 Å². The van der Waals surface area contributed by atoms with Gasteiger partial charge in [0.2, 0.25) is 0 Å². The van der Waals surface area contributed by atoms with Gasteiger partial charge in [0.15, 0.2) is 5.78 Å². The third-order valence-electron chi connectivity index (χ3n) is 6.21. The summed E-state index contributed by atoms with van der Waals surface area (Å²) >= 11 is 1.66. The summed E-state index contributed by atoms with van der Waals surface area (Å²) in [4.78, 5) is 16.5. The topological polar surface area (TPSA) is 95.4 Å². The van der Waals surface area contributed by atoms with E-state index in [4.69, 9.17) is 0 Å². The number of rotatable bonds is 5. The van der Waals surface area contributed by atoms with Crippen molar-refractivity contribution in [3.8, 4) is 17.8 Å². The molecule has 4 rings (SSSR count). The van der Waals surface area contributed by atoms with Crippen molar-refractivity contribution in [2.45, 2.75) is 38.0 Å². The van der Waals surface area contributed by atoms with Gasteiger partial charge in [0, 0.05) is 10.5 Å². The van der Waals surface area contributed by atoms with Crippen molar-refractivity contribution in [1.29, 1.82) is 10.5 Å². The number of carbonyl (C=O) groups excluding carboxylic acids is 1. The van der Waals surface area contributed by atoms with Crippen molar-refractivity contribution in [1.82, 2.24) is 15.0 Å². The first-order chi connectivity index (χ1) is 16.2. The SMILES string of the molecule is CSc1ccc(C(C)(C)C(=O)c2cc(C)c(C)cc2-n2nc3cc(C#N)c(C#N)cc3n2)cc1.